The molecule has 216 valence electrons. The Morgan fingerprint density at radius 1 is 1.32 bits per heavy atom. The van der Waals surface area contributed by atoms with Crippen LogP contribution in [-0.4, -0.2) is 67.2 Å². The number of thiazole rings is 1. The van der Waals surface area contributed by atoms with Gasteiger partial charge in [0, 0.05) is 22.4 Å². The van der Waals surface area contributed by atoms with E-state index >= 15 is 0 Å². The van der Waals surface area contributed by atoms with Crippen LogP contribution in [0.2, 0.25) is 0 Å². The molecule has 5 heterocycles. The molecule has 2 aliphatic heterocycles. The maximum Gasteiger partial charge on any atom is 0.352 e. The number of hydrogen-bond donors (Lipinski definition) is 3. The van der Waals surface area contributed by atoms with Gasteiger partial charge in [0.2, 0.25) is 0 Å². The summed E-state index contributed by atoms with van der Waals surface area (Å²) in [6.45, 7) is 8.94. The zero-order valence-corrected chi connectivity index (χ0v) is 25.0. The first-order chi connectivity index (χ1) is 19.5. The van der Waals surface area contributed by atoms with Gasteiger partial charge in [0.15, 0.2) is 29.8 Å². The summed E-state index contributed by atoms with van der Waals surface area (Å²) in [5.41, 5.74) is 9.87. The molecule has 4 N–H and O–H groups in total. The van der Waals surface area contributed by atoms with Gasteiger partial charge in [0.05, 0.1) is 6.20 Å². The van der Waals surface area contributed by atoms with Crippen molar-refractivity contribution in [1.29, 1.82) is 0 Å². The van der Waals surface area contributed by atoms with Crippen LogP contribution in [0.3, 0.4) is 0 Å². The number of hydrogen-bond acceptors (Lipinski definition) is 9. The van der Waals surface area contributed by atoms with Crippen LogP contribution in [0, 0.1) is 0 Å². The summed E-state index contributed by atoms with van der Waals surface area (Å²) in [6.07, 6.45) is 5.97. The number of fused-ring (bicyclic) bond motifs is 2. The van der Waals surface area contributed by atoms with Crippen molar-refractivity contribution in [1.82, 2.24) is 19.6 Å². The van der Waals surface area contributed by atoms with Gasteiger partial charge in [-0.25, -0.2) is 9.78 Å². The number of anilines is 1. The number of nitrogens with two attached hydrogens (primary N) is 1. The molecule has 3 aromatic heterocycles. The number of amides is 2. The summed E-state index contributed by atoms with van der Waals surface area (Å²) < 4.78 is 4.14. The number of nitrogens with zero attached hydrogens (tertiary/aromatic N) is 5. The molecule has 0 unspecified atom stereocenters. The number of thioether (sulfide) groups is 1. The molecule has 14 heteroatoms. The lowest BCUT2D eigenvalue weighted by atomic mass is 10.0. The van der Waals surface area contributed by atoms with Gasteiger partial charge in [-0.2, -0.15) is 4.57 Å². The van der Waals surface area contributed by atoms with E-state index in [1.165, 1.54) is 35.0 Å². The van der Waals surface area contributed by atoms with E-state index in [4.69, 9.17) is 10.6 Å². The van der Waals surface area contributed by atoms with E-state index in [0.717, 1.165) is 16.9 Å². The minimum Gasteiger partial charge on any atom is -0.477 e. The summed E-state index contributed by atoms with van der Waals surface area (Å²) in [7, 11) is 1.29. The SMILES string of the molecule is CO/N=C(\C(=O)N[C@@H]1C(=O)N2C(C(=O)O)=C(C[n+]3ccn4c(C(C)C)cc(C(C)C)c4c3)CS[C@@H]12)c1csc(N)n1. The van der Waals surface area contributed by atoms with E-state index in [-0.39, 0.29) is 22.2 Å². The molecule has 41 heavy (non-hydrogen) atoms. The molecule has 0 aromatic carbocycles. The molecule has 1 fully saturated rings. The fraction of sp³-hybridized carbons (Fsp3) is 0.407. The molecule has 0 spiro atoms. The number of aliphatic carboxylic acids is 1. The molecule has 12 nitrogen and oxygen atoms in total. The average molecular weight is 599 g/mol. The zero-order chi connectivity index (χ0) is 29.6. The minimum atomic E-state index is -1.18. The second-order valence-electron chi connectivity index (χ2n) is 10.5. The fourth-order valence-electron chi connectivity index (χ4n) is 5.17. The lowest BCUT2D eigenvalue weighted by molar-refractivity contribution is -0.688. The van der Waals surface area contributed by atoms with E-state index in [9.17, 15) is 19.5 Å². The Bertz CT molecular complexity index is 1610. The Morgan fingerprint density at radius 3 is 2.68 bits per heavy atom. The normalized spacial score (nSPS) is 19.1. The molecule has 1 saturated heterocycles. The van der Waals surface area contributed by atoms with Crippen LogP contribution in [0.1, 0.15) is 56.5 Å². The van der Waals surface area contributed by atoms with Crippen LogP contribution in [0.4, 0.5) is 5.13 Å². The van der Waals surface area contributed by atoms with Gasteiger partial charge in [-0.05, 0) is 23.5 Å². The molecule has 2 aliphatic rings. The van der Waals surface area contributed by atoms with Crippen LogP contribution in [-0.2, 0) is 25.8 Å². The van der Waals surface area contributed by atoms with E-state index < -0.39 is 29.2 Å². The maximum atomic E-state index is 13.2. The van der Waals surface area contributed by atoms with Gasteiger partial charge in [0.1, 0.15) is 35.4 Å². The maximum absolute atomic E-state index is 13.2. The van der Waals surface area contributed by atoms with Crippen molar-refractivity contribution in [2.24, 2.45) is 5.16 Å². The molecule has 2 amide bonds. The lowest BCUT2D eigenvalue weighted by Gasteiger charge is -2.49. The second-order valence-corrected chi connectivity index (χ2v) is 12.5. The Morgan fingerprint density at radius 2 is 2.07 bits per heavy atom. The first-order valence-electron chi connectivity index (χ1n) is 13.1. The molecule has 0 saturated carbocycles. The largest absolute Gasteiger partial charge is 0.477 e. The zero-order valence-electron chi connectivity index (χ0n) is 23.3. The summed E-state index contributed by atoms with van der Waals surface area (Å²) in [6, 6.07) is 1.31. The van der Waals surface area contributed by atoms with Crippen molar-refractivity contribution >= 4 is 57.2 Å². The highest BCUT2D eigenvalue weighted by atomic mass is 32.2. The van der Waals surface area contributed by atoms with Gasteiger partial charge >= 0.3 is 5.97 Å². The summed E-state index contributed by atoms with van der Waals surface area (Å²) in [5, 5.41) is 17.8. The first kappa shape index (κ1) is 28.6. The smallest absolute Gasteiger partial charge is 0.352 e. The second kappa shape index (κ2) is 11.2. The average Bonchev–Trinajstić information content (AvgIpc) is 3.53. The van der Waals surface area contributed by atoms with Crippen molar-refractivity contribution in [3.8, 4) is 0 Å². The topological polar surface area (TPSA) is 156 Å². The number of nitrogens with one attached hydrogen (secondary N) is 1. The highest BCUT2D eigenvalue weighted by Crippen LogP contribution is 2.40. The van der Waals surface area contributed by atoms with Crippen LogP contribution < -0.4 is 15.6 Å². The summed E-state index contributed by atoms with van der Waals surface area (Å²) in [5.74, 6) is -1.30. The fourth-order valence-corrected chi connectivity index (χ4v) is 7.05. The molecule has 0 aliphatic carbocycles. The summed E-state index contributed by atoms with van der Waals surface area (Å²) in [4.78, 5) is 48.8. The van der Waals surface area contributed by atoms with Crippen molar-refractivity contribution in [2.45, 2.75) is 57.5 Å². The van der Waals surface area contributed by atoms with E-state index in [1.807, 2.05) is 23.2 Å². The quantitative estimate of drug-likeness (QED) is 0.147. The predicted molar refractivity (Wildman–Crippen MR) is 156 cm³/mol. The monoisotopic (exact) mass is 598 g/mol. The van der Waals surface area contributed by atoms with Crippen molar-refractivity contribution in [2.75, 3.05) is 18.6 Å². The van der Waals surface area contributed by atoms with Crippen LogP contribution in [0.5, 0.6) is 0 Å². The molecule has 3 aromatic rings. The third-order valence-electron chi connectivity index (χ3n) is 7.12. The molecular formula is C27H32N7O5S2+. The number of oxime groups is 1. The van der Waals surface area contributed by atoms with Crippen molar-refractivity contribution in [3.05, 3.63) is 58.3 Å². The summed E-state index contributed by atoms with van der Waals surface area (Å²) >= 11 is 2.54. The number of carbonyl (C=O) groups excluding carboxylic acids is 2. The third-order valence-corrected chi connectivity index (χ3v) is 9.13. The van der Waals surface area contributed by atoms with E-state index in [1.54, 1.807) is 5.38 Å². The van der Waals surface area contributed by atoms with E-state index in [2.05, 4.69) is 53.6 Å². The number of rotatable bonds is 9. The molecule has 0 radical (unpaired) electrons. The van der Waals surface area contributed by atoms with Crippen molar-refractivity contribution < 1.29 is 28.9 Å². The number of β-lactam (4-membered cyclic amide) rings is 1. The van der Waals surface area contributed by atoms with Gasteiger partial charge in [-0.15, -0.1) is 23.1 Å². The van der Waals surface area contributed by atoms with Crippen LogP contribution in [0.15, 0.2) is 46.5 Å². The Hall–Kier alpha value is -3.91. The highest BCUT2D eigenvalue weighted by molar-refractivity contribution is 8.00. The number of carboxylic acid groups (broad SMARTS) is 1. The molecule has 0 bridgehead atoms. The minimum absolute atomic E-state index is 0.0444. The number of aromatic nitrogens is 3. The van der Waals surface area contributed by atoms with Crippen LogP contribution >= 0.6 is 23.1 Å². The molecule has 5 rings (SSSR count). The Kier molecular flexibility index (Phi) is 7.79. The lowest BCUT2D eigenvalue weighted by Crippen LogP contribution is -2.71. The predicted octanol–water partition coefficient (Wildman–Crippen LogP) is 2.30. The van der Waals surface area contributed by atoms with Gasteiger partial charge in [-0.3, -0.25) is 14.5 Å². The van der Waals surface area contributed by atoms with Crippen LogP contribution in [0.25, 0.3) is 5.52 Å². The molecule has 2 atom stereocenters. The van der Waals surface area contributed by atoms with E-state index in [0.29, 0.717) is 29.7 Å². The van der Waals surface area contributed by atoms with Gasteiger partial charge < -0.3 is 25.4 Å². The number of carboxylic acids is 1. The van der Waals surface area contributed by atoms with Gasteiger partial charge in [0.25, 0.3) is 11.8 Å². The molecular weight excluding hydrogens is 566 g/mol. The Balaban J connectivity index is 1.39. The number of nitrogen functional groups attached to an aromatic ring is 1. The Labute approximate surface area is 244 Å². The highest BCUT2D eigenvalue weighted by Gasteiger charge is 2.54. The first-order valence-corrected chi connectivity index (χ1v) is 15.0. The third kappa shape index (κ3) is 5.17. The standard InChI is InChI=1S/C27H31N7O5S2/c1-13(2)16-8-18(14(3)4)33-7-6-32(10-19(16)33)9-15-11-40-25-21(24(36)34(25)22(15)26(37)38)30-23(35)20(31-39-5)17-12-41-27(28)29-17/h6-8,10,12-14,21,25H,9,11H2,1-5H3,(H3-,28,29,30,35,37,38)/p+1/b31-20-/t21-,25+/m1/s1. The van der Waals surface area contributed by atoms with Gasteiger partial charge in [-0.1, -0.05) is 32.9 Å². The van der Waals surface area contributed by atoms with Crippen molar-refractivity contribution in [3.63, 3.8) is 0 Å². The number of carbonyl (C=O) groups is 3.